The number of hydrogen-bond donors (Lipinski definition) is 1. The average Bonchev–Trinajstić information content (AvgIpc) is 3.21. The monoisotopic (exact) mass is 434 g/mol. The summed E-state index contributed by atoms with van der Waals surface area (Å²) in [7, 11) is 0. The van der Waals surface area contributed by atoms with E-state index in [1.807, 2.05) is 4.90 Å². The van der Waals surface area contributed by atoms with Crippen LogP contribution in [-0.4, -0.2) is 78.1 Å². The molecule has 3 heterocycles. The minimum absolute atomic E-state index is 0.112. The standard InChI is InChI=1S/C21H27ClN4O4/c22-16-3-5-17(6-4-16)23-20(28)25-9-1-2-15(14-25)19(27)24-10-7-18(8-11-24)26-12-13-30-21(26)29/h3-6,15,18H,1-2,7-14H2,(H,23,28). The maximum Gasteiger partial charge on any atom is 0.410 e. The lowest BCUT2D eigenvalue weighted by atomic mass is 9.95. The lowest BCUT2D eigenvalue weighted by Crippen LogP contribution is -2.51. The summed E-state index contributed by atoms with van der Waals surface area (Å²) in [6, 6.07) is 6.93. The summed E-state index contributed by atoms with van der Waals surface area (Å²) in [4.78, 5) is 42.8. The quantitative estimate of drug-likeness (QED) is 0.792. The van der Waals surface area contributed by atoms with Gasteiger partial charge in [-0.3, -0.25) is 4.79 Å². The summed E-state index contributed by atoms with van der Waals surface area (Å²) in [5.41, 5.74) is 0.681. The molecule has 3 aliphatic rings. The second-order valence-corrected chi connectivity index (χ2v) is 8.52. The lowest BCUT2D eigenvalue weighted by Gasteiger charge is -2.39. The van der Waals surface area contributed by atoms with Crippen molar-refractivity contribution in [1.29, 1.82) is 0 Å². The van der Waals surface area contributed by atoms with Crippen molar-refractivity contribution in [3.05, 3.63) is 29.3 Å². The Balaban J connectivity index is 1.28. The van der Waals surface area contributed by atoms with Crippen molar-refractivity contribution in [2.24, 2.45) is 5.92 Å². The van der Waals surface area contributed by atoms with Crippen molar-refractivity contribution in [2.75, 3.05) is 44.6 Å². The summed E-state index contributed by atoms with van der Waals surface area (Å²) < 4.78 is 5.03. The summed E-state index contributed by atoms with van der Waals surface area (Å²) >= 11 is 5.89. The van der Waals surface area contributed by atoms with E-state index in [0.717, 1.165) is 25.7 Å². The van der Waals surface area contributed by atoms with Gasteiger partial charge in [-0.15, -0.1) is 0 Å². The second-order valence-electron chi connectivity index (χ2n) is 8.09. The van der Waals surface area contributed by atoms with Gasteiger partial charge in [-0.1, -0.05) is 11.6 Å². The van der Waals surface area contributed by atoms with Crippen LogP contribution >= 0.6 is 11.6 Å². The van der Waals surface area contributed by atoms with E-state index < -0.39 is 0 Å². The zero-order valence-corrected chi connectivity index (χ0v) is 17.6. The van der Waals surface area contributed by atoms with Crippen LogP contribution in [0, 0.1) is 5.92 Å². The van der Waals surface area contributed by atoms with Crippen LogP contribution in [0.4, 0.5) is 15.3 Å². The van der Waals surface area contributed by atoms with Crippen LogP contribution in [0.2, 0.25) is 5.02 Å². The zero-order chi connectivity index (χ0) is 21.1. The van der Waals surface area contributed by atoms with E-state index in [0.29, 0.717) is 50.0 Å². The third-order valence-electron chi connectivity index (χ3n) is 6.16. The molecule has 0 aromatic heterocycles. The molecule has 162 valence electrons. The number of nitrogens with one attached hydrogen (secondary N) is 1. The molecular weight excluding hydrogens is 408 g/mol. The number of carbonyl (C=O) groups excluding carboxylic acids is 3. The molecule has 3 fully saturated rings. The summed E-state index contributed by atoms with van der Waals surface area (Å²) in [5.74, 6) is -0.0653. The summed E-state index contributed by atoms with van der Waals surface area (Å²) in [6.45, 7) is 3.44. The Kier molecular flexibility index (Phi) is 6.32. The van der Waals surface area contributed by atoms with Crippen LogP contribution in [0.1, 0.15) is 25.7 Å². The molecule has 1 N–H and O–H groups in total. The summed E-state index contributed by atoms with van der Waals surface area (Å²) in [5, 5.41) is 3.49. The maximum absolute atomic E-state index is 13.1. The molecule has 4 rings (SSSR count). The first-order valence-corrected chi connectivity index (χ1v) is 10.9. The van der Waals surface area contributed by atoms with Gasteiger partial charge in [-0.05, 0) is 49.9 Å². The first-order valence-electron chi connectivity index (χ1n) is 10.5. The Labute approximate surface area is 181 Å². The van der Waals surface area contributed by atoms with Crippen LogP contribution in [0.15, 0.2) is 24.3 Å². The fraction of sp³-hybridized carbons (Fsp3) is 0.571. The average molecular weight is 435 g/mol. The number of cyclic esters (lactones) is 1. The maximum atomic E-state index is 13.1. The van der Waals surface area contributed by atoms with E-state index in [4.69, 9.17) is 16.3 Å². The number of halogens is 1. The van der Waals surface area contributed by atoms with Crippen LogP contribution < -0.4 is 5.32 Å². The molecule has 1 atom stereocenters. The third kappa shape index (κ3) is 4.64. The number of amides is 4. The molecule has 3 aliphatic heterocycles. The number of urea groups is 1. The number of benzene rings is 1. The number of anilines is 1. The van der Waals surface area contributed by atoms with Crippen LogP contribution in [0.25, 0.3) is 0 Å². The number of hydrogen-bond acceptors (Lipinski definition) is 4. The van der Waals surface area contributed by atoms with E-state index in [1.165, 1.54) is 0 Å². The van der Waals surface area contributed by atoms with Crippen LogP contribution in [-0.2, 0) is 9.53 Å². The minimum Gasteiger partial charge on any atom is -0.448 e. The van der Waals surface area contributed by atoms with E-state index in [1.54, 1.807) is 34.1 Å². The molecule has 1 aromatic rings. The van der Waals surface area contributed by atoms with E-state index in [2.05, 4.69) is 5.32 Å². The van der Waals surface area contributed by atoms with Crippen LogP contribution in [0.5, 0.6) is 0 Å². The Morgan fingerprint density at radius 1 is 1.00 bits per heavy atom. The van der Waals surface area contributed by atoms with Gasteiger partial charge in [0, 0.05) is 42.9 Å². The largest absolute Gasteiger partial charge is 0.448 e. The van der Waals surface area contributed by atoms with Gasteiger partial charge in [0.15, 0.2) is 0 Å². The number of nitrogens with zero attached hydrogens (tertiary/aromatic N) is 3. The zero-order valence-electron chi connectivity index (χ0n) is 16.9. The molecule has 0 bridgehead atoms. The van der Waals surface area contributed by atoms with Crippen molar-refractivity contribution in [2.45, 2.75) is 31.7 Å². The Morgan fingerprint density at radius 3 is 2.40 bits per heavy atom. The van der Waals surface area contributed by atoms with E-state index in [9.17, 15) is 14.4 Å². The molecule has 0 radical (unpaired) electrons. The predicted molar refractivity (Wildman–Crippen MR) is 112 cm³/mol. The minimum atomic E-state index is -0.241. The van der Waals surface area contributed by atoms with Gasteiger partial charge in [0.1, 0.15) is 6.61 Å². The van der Waals surface area contributed by atoms with Gasteiger partial charge in [0.2, 0.25) is 5.91 Å². The molecular formula is C21H27ClN4O4. The molecule has 1 unspecified atom stereocenters. The highest BCUT2D eigenvalue weighted by atomic mass is 35.5. The van der Waals surface area contributed by atoms with Gasteiger partial charge in [-0.2, -0.15) is 0 Å². The highest BCUT2D eigenvalue weighted by molar-refractivity contribution is 6.30. The summed E-state index contributed by atoms with van der Waals surface area (Å²) in [6.07, 6.45) is 2.90. The number of piperidine rings is 2. The SMILES string of the molecule is O=C(Nc1ccc(Cl)cc1)N1CCCC(C(=O)N2CCC(N3CCOC3=O)CC2)C1. The molecule has 3 saturated heterocycles. The molecule has 9 heteroatoms. The van der Waals surface area contributed by atoms with Crippen molar-refractivity contribution >= 4 is 35.3 Å². The van der Waals surface area contributed by atoms with Gasteiger partial charge >= 0.3 is 12.1 Å². The molecule has 30 heavy (non-hydrogen) atoms. The number of rotatable bonds is 3. The lowest BCUT2D eigenvalue weighted by molar-refractivity contribution is -0.138. The first kappa shape index (κ1) is 20.8. The Bertz CT molecular complexity index is 795. The molecule has 4 amide bonds. The molecule has 0 saturated carbocycles. The van der Waals surface area contributed by atoms with Crippen molar-refractivity contribution < 1.29 is 19.1 Å². The van der Waals surface area contributed by atoms with Gasteiger partial charge in [0.25, 0.3) is 0 Å². The first-order chi connectivity index (χ1) is 14.5. The van der Waals surface area contributed by atoms with Crippen molar-refractivity contribution in [3.63, 3.8) is 0 Å². The molecule has 0 aliphatic carbocycles. The fourth-order valence-corrected chi connectivity index (χ4v) is 4.62. The third-order valence-corrected chi connectivity index (χ3v) is 6.41. The fourth-order valence-electron chi connectivity index (χ4n) is 4.49. The number of ether oxygens (including phenoxy) is 1. The van der Waals surface area contributed by atoms with Gasteiger partial charge in [-0.25, -0.2) is 9.59 Å². The molecule has 0 spiro atoms. The highest BCUT2D eigenvalue weighted by Crippen LogP contribution is 2.25. The normalized spacial score (nSPS) is 22.8. The highest BCUT2D eigenvalue weighted by Gasteiger charge is 2.36. The van der Waals surface area contributed by atoms with Crippen molar-refractivity contribution in [3.8, 4) is 0 Å². The smallest absolute Gasteiger partial charge is 0.410 e. The van der Waals surface area contributed by atoms with Crippen LogP contribution in [0.3, 0.4) is 0 Å². The Morgan fingerprint density at radius 2 is 1.73 bits per heavy atom. The molecule has 8 nitrogen and oxygen atoms in total. The number of carbonyl (C=O) groups is 3. The van der Waals surface area contributed by atoms with Gasteiger partial charge in [0.05, 0.1) is 12.5 Å². The molecule has 1 aromatic carbocycles. The van der Waals surface area contributed by atoms with Crippen molar-refractivity contribution in [1.82, 2.24) is 14.7 Å². The van der Waals surface area contributed by atoms with E-state index >= 15 is 0 Å². The predicted octanol–water partition coefficient (Wildman–Crippen LogP) is 3.03. The Hall–Kier alpha value is -2.48. The topological polar surface area (TPSA) is 82.2 Å². The van der Waals surface area contributed by atoms with E-state index in [-0.39, 0.29) is 30.0 Å². The second kappa shape index (κ2) is 9.12. The number of likely N-dealkylation sites (tertiary alicyclic amines) is 2. The van der Waals surface area contributed by atoms with Gasteiger partial charge < -0.3 is 24.8 Å².